The summed E-state index contributed by atoms with van der Waals surface area (Å²) in [5, 5.41) is 10.6. The number of benzene rings is 1. The van der Waals surface area contributed by atoms with E-state index in [1.165, 1.54) is 7.05 Å². The molecule has 2 aromatic rings. The Morgan fingerprint density at radius 2 is 1.96 bits per heavy atom. The molecule has 26 heavy (non-hydrogen) atoms. The number of hydrogen-bond acceptors (Lipinski definition) is 5. The highest BCUT2D eigenvalue weighted by Gasteiger charge is 2.25. The van der Waals surface area contributed by atoms with Crippen LogP contribution in [0.15, 0.2) is 11.1 Å². The Labute approximate surface area is 150 Å². The van der Waals surface area contributed by atoms with Gasteiger partial charge in [-0.15, -0.1) is 0 Å². The van der Waals surface area contributed by atoms with Crippen LogP contribution in [0.25, 0.3) is 0 Å². The molecule has 0 spiro atoms. The normalized spacial score (nSPS) is 10.5. The van der Waals surface area contributed by atoms with Crippen LogP contribution in [0.4, 0.5) is 4.39 Å². The Balaban J connectivity index is 2.79. The predicted molar refractivity (Wildman–Crippen MR) is 95.8 cm³/mol. The van der Waals surface area contributed by atoms with Gasteiger partial charge in [-0.2, -0.15) is 4.39 Å². The molecule has 2 rings (SSSR count). The molecule has 0 saturated heterocycles. The van der Waals surface area contributed by atoms with E-state index < -0.39 is 23.2 Å². The monoisotopic (exact) mass is 360 g/mol. The van der Waals surface area contributed by atoms with Gasteiger partial charge in [0, 0.05) is 7.05 Å². The number of nitrogens with one attached hydrogen (secondary N) is 3. The number of nitrogens with zero attached hydrogens (tertiary/aromatic N) is 1. The van der Waals surface area contributed by atoms with Gasteiger partial charge >= 0.3 is 0 Å². The molecule has 0 fully saturated rings. The van der Waals surface area contributed by atoms with Gasteiger partial charge < -0.3 is 15.0 Å². The molecule has 1 heterocycles. The van der Waals surface area contributed by atoms with E-state index in [4.69, 9.17) is 10.1 Å². The molecular formula is C18H21FN4O3. The number of rotatable bonds is 5. The van der Waals surface area contributed by atoms with E-state index in [0.29, 0.717) is 17.5 Å². The largest absolute Gasteiger partial charge is 0.435 e. The highest BCUT2D eigenvalue weighted by molar-refractivity contribution is 6.45. The maximum atomic E-state index is 14.1. The van der Waals surface area contributed by atoms with Crippen molar-refractivity contribution in [1.29, 1.82) is 5.41 Å². The molecule has 0 radical (unpaired) electrons. The lowest BCUT2D eigenvalue weighted by Crippen LogP contribution is -2.29. The molecule has 0 bridgehead atoms. The van der Waals surface area contributed by atoms with E-state index in [1.54, 1.807) is 13.8 Å². The van der Waals surface area contributed by atoms with Crippen LogP contribution in [0.3, 0.4) is 0 Å². The minimum atomic E-state index is -1.17. The van der Waals surface area contributed by atoms with Gasteiger partial charge in [0.05, 0.1) is 11.9 Å². The fraction of sp³-hybridized carbons (Fsp3) is 0.333. The Kier molecular flexibility index (Phi) is 5.54. The number of aromatic amines is 1. The van der Waals surface area contributed by atoms with Gasteiger partial charge in [0.1, 0.15) is 11.5 Å². The van der Waals surface area contributed by atoms with Gasteiger partial charge in [0.2, 0.25) is 5.82 Å². The van der Waals surface area contributed by atoms with Gasteiger partial charge in [-0.1, -0.05) is 6.92 Å². The quantitative estimate of drug-likeness (QED) is 0.711. The summed E-state index contributed by atoms with van der Waals surface area (Å²) in [7, 11) is 1.42. The standard InChI is InChI=1S/C18H21FN4O3/c1-6-11-8(2)9(3)12(14(20)17(25)21-5)15(10(11)4)26-18-13(19)16(24)22-7-23-18/h7,20H,6H2,1-5H3,(H,21,25)(H,22,23,24). The summed E-state index contributed by atoms with van der Waals surface area (Å²) in [5.74, 6) is -2.12. The average molecular weight is 360 g/mol. The number of aromatic nitrogens is 2. The molecule has 0 atom stereocenters. The number of ether oxygens (including phenoxy) is 1. The molecular weight excluding hydrogens is 339 g/mol. The fourth-order valence-corrected chi connectivity index (χ4v) is 2.92. The zero-order valence-electron chi connectivity index (χ0n) is 15.3. The molecule has 3 N–H and O–H groups in total. The second-order valence-electron chi connectivity index (χ2n) is 5.82. The molecule has 8 heteroatoms. The van der Waals surface area contributed by atoms with Crippen LogP contribution < -0.4 is 15.6 Å². The van der Waals surface area contributed by atoms with E-state index in [-0.39, 0.29) is 17.0 Å². The molecule has 0 aliphatic rings. The van der Waals surface area contributed by atoms with E-state index in [0.717, 1.165) is 17.5 Å². The highest BCUT2D eigenvalue weighted by atomic mass is 19.1. The maximum Gasteiger partial charge on any atom is 0.290 e. The molecule has 1 aromatic carbocycles. The summed E-state index contributed by atoms with van der Waals surface area (Å²) >= 11 is 0. The summed E-state index contributed by atoms with van der Waals surface area (Å²) in [6.07, 6.45) is 1.72. The second kappa shape index (κ2) is 7.47. The van der Waals surface area contributed by atoms with Crippen LogP contribution in [0.2, 0.25) is 0 Å². The zero-order valence-corrected chi connectivity index (χ0v) is 15.3. The van der Waals surface area contributed by atoms with Crippen molar-refractivity contribution in [2.75, 3.05) is 7.05 Å². The Morgan fingerprint density at radius 3 is 2.54 bits per heavy atom. The molecule has 7 nitrogen and oxygen atoms in total. The van der Waals surface area contributed by atoms with Crippen molar-refractivity contribution >= 4 is 11.6 Å². The van der Waals surface area contributed by atoms with Crippen LogP contribution in [-0.4, -0.2) is 28.6 Å². The number of amides is 1. The van der Waals surface area contributed by atoms with Crippen LogP contribution in [0, 0.1) is 32.0 Å². The van der Waals surface area contributed by atoms with Crippen molar-refractivity contribution in [2.45, 2.75) is 34.1 Å². The summed E-state index contributed by atoms with van der Waals surface area (Å²) in [4.78, 5) is 29.4. The molecule has 0 unspecified atom stereocenters. The lowest BCUT2D eigenvalue weighted by atomic mass is 9.89. The van der Waals surface area contributed by atoms with Crippen molar-refractivity contribution in [1.82, 2.24) is 15.3 Å². The Bertz CT molecular complexity index is 950. The van der Waals surface area contributed by atoms with Gasteiger partial charge in [0.15, 0.2) is 0 Å². The van der Waals surface area contributed by atoms with Crippen LogP contribution in [0.1, 0.15) is 34.7 Å². The first-order chi connectivity index (χ1) is 12.2. The number of likely N-dealkylation sites (N-methyl/N-ethyl adjacent to an activating group) is 1. The number of carbonyl (C=O) groups is 1. The SMILES string of the molecule is CCc1c(C)c(C)c(C(=N)C(=O)NC)c(Oc2nc[nH]c(=O)c2F)c1C. The third-order valence-corrected chi connectivity index (χ3v) is 4.43. The minimum Gasteiger partial charge on any atom is -0.435 e. The summed E-state index contributed by atoms with van der Waals surface area (Å²) < 4.78 is 19.7. The molecule has 1 amide bonds. The molecule has 138 valence electrons. The van der Waals surface area contributed by atoms with Crippen LogP contribution in [0.5, 0.6) is 11.6 Å². The van der Waals surface area contributed by atoms with E-state index >= 15 is 0 Å². The number of hydrogen-bond donors (Lipinski definition) is 3. The Hall–Kier alpha value is -3.03. The van der Waals surface area contributed by atoms with Crippen molar-refractivity contribution in [3.05, 3.63) is 50.3 Å². The molecule has 0 aliphatic carbocycles. The third-order valence-electron chi connectivity index (χ3n) is 4.43. The van der Waals surface area contributed by atoms with Gasteiger partial charge in [0.25, 0.3) is 17.3 Å². The predicted octanol–water partition coefficient (Wildman–Crippen LogP) is 2.30. The third kappa shape index (κ3) is 3.22. The highest BCUT2D eigenvalue weighted by Crippen LogP contribution is 2.36. The summed E-state index contributed by atoms with van der Waals surface area (Å²) in [6, 6.07) is 0. The number of carbonyl (C=O) groups excluding carboxylic acids is 1. The molecule has 0 aliphatic heterocycles. The summed E-state index contributed by atoms with van der Waals surface area (Å²) in [6.45, 7) is 7.41. The van der Waals surface area contributed by atoms with Crippen LogP contribution in [-0.2, 0) is 11.2 Å². The second-order valence-corrected chi connectivity index (χ2v) is 5.82. The van der Waals surface area contributed by atoms with Crippen LogP contribution >= 0.6 is 0 Å². The smallest absolute Gasteiger partial charge is 0.290 e. The van der Waals surface area contributed by atoms with Gasteiger partial charge in [-0.25, -0.2) is 4.98 Å². The van der Waals surface area contributed by atoms with Gasteiger partial charge in [-0.3, -0.25) is 15.0 Å². The lowest BCUT2D eigenvalue weighted by molar-refractivity contribution is -0.114. The Morgan fingerprint density at radius 1 is 1.31 bits per heavy atom. The number of H-pyrrole nitrogens is 1. The lowest BCUT2D eigenvalue weighted by Gasteiger charge is -2.21. The first kappa shape index (κ1) is 19.3. The van der Waals surface area contributed by atoms with E-state index in [2.05, 4.69) is 15.3 Å². The first-order valence-electron chi connectivity index (χ1n) is 8.09. The average Bonchev–Trinajstić information content (AvgIpc) is 2.62. The van der Waals surface area contributed by atoms with Gasteiger partial charge in [-0.05, 0) is 49.4 Å². The summed E-state index contributed by atoms with van der Waals surface area (Å²) in [5.41, 5.74) is 2.23. The topological polar surface area (TPSA) is 108 Å². The fourth-order valence-electron chi connectivity index (χ4n) is 2.92. The number of halogens is 1. The van der Waals surface area contributed by atoms with E-state index in [1.807, 2.05) is 13.8 Å². The minimum absolute atomic E-state index is 0.149. The van der Waals surface area contributed by atoms with Crippen molar-refractivity contribution in [3.63, 3.8) is 0 Å². The molecule has 1 aromatic heterocycles. The first-order valence-corrected chi connectivity index (χ1v) is 8.09. The maximum absolute atomic E-state index is 14.1. The van der Waals surface area contributed by atoms with Crippen molar-refractivity contribution < 1.29 is 13.9 Å². The van der Waals surface area contributed by atoms with E-state index in [9.17, 15) is 14.0 Å². The van der Waals surface area contributed by atoms with Crippen molar-refractivity contribution in [2.24, 2.45) is 0 Å². The van der Waals surface area contributed by atoms with Crippen molar-refractivity contribution in [3.8, 4) is 11.6 Å². The zero-order chi connectivity index (χ0) is 19.6. The molecule has 0 saturated carbocycles.